The van der Waals surface area contributed by atoms with E-state index in [1.54, 1.807) is 13.3 Å². The van der Waals surface area contributed by atoms with Crippen LogP contribution in [0.4, 0.5) is 5.69 Å². The second-order valence-corrected chi connectivity index (χ2v) is 4.76. The lowest BCUT2D eigenvalue weighted by atomic mass is 10.1. The number of rotatable bonds is 4. The van der Waals surface area contributed by atoms with E-state index in [4.69, 9.17) is 17.0 Å². The van der Waals surface area contributed by atoms with E-state index in [2.05, 4.69) is 46.8 Å². The minimum atomic E-state index is 0.520. The van der Waals surface area contributed by atoms with Crippen LogP contribution in [0.2, 0.25) is 0 Å². The SMILES string of the molecule is COc1ncccc1NC(=S)NCc1ccc(C)cc1. The third kappa shape index (κ3) is 3.93. The number of anilines is 1. The molecule has 0 unspecified atom stereocenters. The standard InChI is InChI=1S/C15H17N3OS/c1-11-5-7-12(8-6-11)10-17-15(20)18-13-4-3-9-16-14(13)19-2/h3-9H,10H2,1-2H3,(H2,17,18,20). The molecule has 2 aromatic rings. The van der Waals surface area contributed by atoms with Crippen LogP contribution in [0.25, 0.3) is 0 Å². The van der Waals surface area contributed by atoms with Gasteiger partial charge in [-0.05, 0) is 36.8 Å². The van der Waals surface area contributed by atoms with Crippen molar-refractivity contribution in [3.63, 3.8) is 0 Å². The van der Waals surface area contributed by atoms with Crippen molar-refractivity contribution in [2.75, 3.05) is 12.4 Å². The van der Waals surface area contributed by atoms with Crippen LogP contribution in [0.3, 0.4) is 0 Å². The molecule has 4 nitrogen and oxygen atoms in total. The van der Waals surface area contributed by atoms with Crippen molar-refractivity contribution in [3.8, 4) is 5.88 Å². The molecule has 0 saturated heterocycles. The van der Waals surface area contributed by atoms with Crippen LogP contribution >= 0.6 is 12.2 Å². The zero-order valence-corrected chi connectivity index (χ0v) is 12.3. The van der Waals surface area contributed by atoms with E-state index in [1.165, 1.54) is 11.1 Å². The first kappa shape index (κ1) is 14.3. The van der Waals surface area contributed by atoms with Gasteiger partial charge in [0.2, 0.25) is 5.88 Å². The highest BCUT2D eigenvalue weighted by molar-refractivity contribution is 7.80. The largest absolute Gasteiger partial charge is 0.480 e. The average molecular weight is 287 g/mol. The summed E-state index contributed by atoms with van der Waals surface area (Å²) in [6, 6.07) is 12.0. The fourth-order valence-corrected chi connectivity index (χ4v) is 1.89. The van der Waals surface area contributed by atoms with Crippen molar-refractivity contribution in [2.24, 2.45) is 0 Å². The molecule has 104 valence electrons. The molecule has 0 saturated carbocycles. The molecule has 0 aliphatic carbocycles. The lowest BCUT2D eigenvalue weighted by molar-refractivity contribution is 0.400. The van der Waals surface area contributed by atoms with Gasteiger partial charge in [0.15, 0.2) is 5.11 Å². The first-order valence-corrected chi connectivity index (χ1v) is 6.69. The number of pyridine rings is 1. The Hall–Kier alpha value is -2.14. The number of thiocarbonyl (C=S) groups is 1. The summed E-state index contributed by atoms with van der Waals surface area (Å²) in [6.07, 6.45) is 1.67. The summed E-state index contributed by atoms with van der Waals surface area (Å²) < 4.78 is 5.16. The van der Waals surface area contributed by atoms with Gasteiger partial charge in [-0.3, -0.25) is 0 Å². The van der Waals surface area contributed by atoms with Gasteiger partial charge in [0.1, 0.15) is 5.69 Å². The molecular formula is C15H17N3OS. The second-order valence-electron chi connectivity index (χ2n) is 4.35. The molecule has 0 atom stereocenters. The zero-order valence-electron chi connectivity index (χ0n) is 11.5. The Morgan fingerprint density at radius 3 is 2.70 bits per heavy atom. The quantitative estimate of drug-likeness (QED) is 0.847. The Labute approximate surface area is 124 Å². The van der Waals surface area contributed by atoms with Crippen molar-refractivity contribution in [1.82, 2.24) is 10.3 Å². The number of ether oxygens (including phenoxy) is 1. The van der Waals surface area contributed by atoms with E-state index in [9.17, 15) is 0 Å². The van der Waals surface area contributed by atoms with E-state index in [-0.39, 0.29) is 0 Å². The van der Waals surface area contributed by atoms with Gasteiger partial charge in [-0.2, -0.15) is 0 Å². The summed E-state index contributed by atoms with van der Waals surface area (Å²) in [5, 5.41) is 6.77. The van der Waals surface area contributed by atoms with Gasteiger partial charge < -0.3 is 15.4 Å². The smallest absolute Gasteiger partial charge is 0.237 e. The first-order valence-electron chi connectivity index (χ1n) is 6.28. The molecule has 0 amide bonds. The number of nitrogens with zero attached hydrogens (tertiary/aromatic N) is 1. The predicted octanol–water partition coefficient (Wildman–Crippen LogP) is 2.89. The molecule has 20 heavy (non-hydrogen) atoms. The Balaban J connectivity index is 1.91. The molecule has 0 aliphatic heterocycles. The maximum Gasteiger partial charge on any atom is 0.237 e. The van der Waals surface area contributed by atoms with Crippen LogP contribution < -0.4 is 15.4 Å². The summed E-state index contributed by atoms with van der Waals surface area (Å²) in [6.45, 7) is 2.74. The number of methoxy groups -OCH3 is 1. The van der Waals surface area contributed by atoms with Crippen LogP contribution in [0.5, 0.6) is 5.88 Å². The van der Waals surface area contributed by atoms with Crippen LogP contribution in [0, 0.1) is 6.92 Å². The topological polar surface area (TPSA) is 46.2 Å². The van der Waals surface area contributed by atoms with Gasteiger partial charge in [0, 0.05) is 12.7 Å². The molecule has 5 heteroatoms. The van der Waals surface area contributed by atoms with Gasteiger partial charge in [-0.1, -0.05) is 29.8 Å². The van der Waals surface area contributed by atoms with E-state index in [0.29, 0.717) is 17.5 Å². The third-order valence-corrected chi connectivity index (χ3v) is 3.03. The van der Waals surface area contributed by atoms with Gasteiger partial charge in [0.25, 0.3) is 0 Å². The molecule has 2 N–H and O–H groups in total. The monoisotopic (exact) mass is 287 g/mol. The van der Waals surface area contributed by atoms with Crippen LogP contribution in [0.1, 0.15) is 11.1 Å². The normalized spacial score (nSPS) is 9.90. The number of aromatic nitrogens is 1. The predicted molar refractivity (Wildman–Crippen MR) is 85.0 cm³/mol. The van der Waals surface area contributed by atoms with Crippen LogP contribution in [0.15, 0.2) is 42.6 Å². The summed E-state index contributed by atoms with van der Waals surface area (Å²) in [5.41, 5.74) is 3.17. The minimum Gasteiger partial charge on any atom is -0.480 e. The van der Waals surface area contributed by atoms with Gasteiger partial charge in [0.05, 0.1) is 7.11 Å². The Bertz CT molecular complexity index is 584. The van der Waals surface area contributed by atoms with E-state index < -0.39 is 0 Å². The average Bonchev–Trinajstić information content (AvgIpc) is 2.47. The zero-order chi connectivity index (χ0) is 14.4. The van der Waals surface area contributed by atoms with Crippen molar-refractivity contribution in [3.05, 3.63) is 53.7 Å². The summed E-state index contributed by atoms with van der Waals surface area (Å²) in [5.74, 6) is 0.520. The van der Waals surface area contributed by atoms with Crippen LogP contribution in [-0.4, -0.2) is 17.2 Å². The molecule has 0 aliphatic rings. The molecule has 0 radical (unpaired) electrons. The van der Waals surface area contributed by atoms with E-state index >= 15 is 0 Å². The molecule has 0 spiro atoms. The first-order chi connectivity index (χ1) is 9.69. The number of aryl methyl sites for hydroxylation is 1. The second kappa shape index (κ2) is 6.86. The Morgan fingerprint density at radius 1 is 1.25 bits per heavy atom. The van der Waals surface area contributed by atoms with Gasteiger partial charge >= 0.3 is 0 Å². The number of hydrogen-bond acceptors (Lipinski definition) is 3. The van der Waals surface area contributed by atoms with Crippen molar-refractivity contribution in [2.45, 2.75) is 13.5 Å². The molecule has 1 heterocycles. The van der Waals surface area contributed by atoms with Crippen LogP contribution in [-0.2, 0) is 6.54 Å². The maximum absolute atomic E-state index is 5.26. The van der Waals surface area contributed by atoms with Gasteiger partial charge in [-0.25, -0.2) is 4.98 Å². The van der Waals surface area contributed by atoms with Crippen molar-refractivity contribution >= 4 is 23.0 Å². The lowest BCUT2D eigenvalue weighted by Crippen LogP contribution is -2.28. The molecular weight excluding hydrogens is 270 g/mol. The molecule has 1 aromatic heterocycles. The van der Waals surface area contributed by atoms with Gasteiger partial charge in [-0.15, -0.1) is 0 Å². The Kier molecular flexibility index (Phi) is 4.90. The fraction of sp³-hybridized carbons (Fsp3) is 0.200. The summed E-state index contributed by atoms with van der Waals surface area (Å²) >= 11 is 5.26. The molecule has 2 rings (SSSR count). The number of hydrogen-bond donors (Lipinski definition) is 2. The third-order valence-electron chi connectivity index (χ3n) is 2.79. The minimum absolute atomic E-state index is 0.520. The molecule has 0 bridgehead atoms. The summed E-state index contributed by atoms with van der Waals surface area (Å²) in [4.78, 5) is 4.11. The highest BCUT2D eigenvalue weighted by atomic mass is 32.1. The van der Waals surface area contributed by atoms with Crippen molar-refractivity contribution < 1.29 is 4.74 Å². The number of benzene rings is 1. The lowest BCUT2D eigenvalue weighted by Gasteiger charge is -2.12. The summed E-state index contributed by atoms with van der Waals surface area (Å²) in [7, 11) is 1.58. The highest BCUT2D eigenvalue weighted by Gasteiger charge is 2.04. The maximum atomic E-state index is 5.26. The Morgan fingerprint density at radius 2 is 2.00 bits per heavy atom. The number of nitrogens with one attached hydrogen (secondary N) is 2. The molecule has 0 fully saturated rings. The fourth-order valence-electron chi connectivity index (χ4n) is 1.70. The van der Waals surface area contributed by atoms with Crippen molar-refractivity contribution in [1.29, 1.82) is 0 Å². The highest BCUT2D eigenvalue weighted by Crippen LogP contribution is 2.19. The van der Waals surface area contributed by atoms with E-state index in [0.717, 1.165) is 5.69 Å². The van der Waals surface area contributed by atoms with E-state index in [1.807, 2.05) is 12.1 Å². The molecule has 1 aromatic carbocycles.